The van der Waals surface area contributed by atoms with Crippen molar-refractivity contribution < 1.29 is 19.0 Å². The molecule has 0 radical (unpaired) electrons. The first-order valence-electron chi connectivity index (χ1n) is 5.94. The monoisotopic (exact) mass is 252 g/mol. The summed E-state index contributed by atoms with van der Waals surface area (Å²) in [5.41, 5.74) is 0.166. The average molecular weight is 252 g/mol. The molecule has 0 spiro atoms. The fourth-order valence-corrected chi connectivity index (χ4v) is 1.72. The fourth-order valence-electron chi connectivity index (χ4n) is 1.72. The van der Waals surface area contributed by atoms with E-state index >= 15 is 0 Å². The van der Waals surface area contributed by atoms with Gasteiger partial charge in [0.05, 0.1) is 25.6 Å². The van der Waals surface area contributed by atoms with Crippen LogP contribution >= 0.6 is 0 Å². The Kier molecular flexibility index (Phi) is 4.46. The molecule has 98 valence electrons. The largest absolute Gasteiger partial charge is 0.474 e. The minimum atomic E-state index is -0.510. The normalized spacial score (nSPS) is 19.3. The standard InChI is InChI=1S/C12H16N2O4/c1-16-12(15)10-6-14-11(7-13-10)18-8-9-4-2-3-5-17-9/h6-7,9H,2-5,8H2,1H3. The molecule has 1 saturated heterocycles. The van der Waals surface area contributed by atoms with Crippen LogP contribution in [-0.4, -0.2) is 42.4 Å². The van der Waals surface area contributed by atoms with Crippen LogP contribution < -0.4 is 4.74 Å². The smallest absolute Gasteiger partial charge is 0.358 e. The van der Waals surface area contributed by atoms with Gasteiger partial charge in [-0.2, -0.15) is 0 Å². The van der Waals surface area contributed by atoms with Gasteiger partial charge in [0.2, 0.25) is 5.88 Å². The molecule has 18 heavy (non-hydrogen) atoms. The third kappa shape index (κ3) is 3.40. The van der Waals surface area contributed by atoms with Crippen LogP contribution in [0.5, 0.6) is 5.88 Å². The number of carbonyl (C=O) groups is 1. The molecule has 0 amide bonds. The Morgan fingerprint density at radius 3 is 2.94 bits per heavy atom. The molecule has 1 aliphatic heterocycles. The highest BCUT2D eigenvalue weighted by molar-refractivity contribution is 5.86. The Hall–Kier alpha value is -1.69. The number of aromatic nitrogens is 2. The maximum absolute atomic E-state index is 11.1. The summed E-state index contributed by atoms with van der Waals surface area (Å²) in [6.45, 7) is 1.26. The number of hydrogen-bond acceptors (Lipinski definition) is 6. The summed E-state index contributed by atoms with van der Waals surface area (Å²) in [5, 5.41) is 0. The van der Waals surface area contributed by atoms with Crippen molar-refractivity contribution in [2.45, 2.75) is 25.4 Å². The Labute approximate surface area is 105 Å². The van der Waals surface area contributed by atoms with E-state index in [4.69, 9.17) is 9.47 Å². The summed E-state index contributed by atoms with van der Waals surface area (Å²) in [6.07, 6.45) is 6.16. The molecule has 6 heteroatoms. The molecule has 6 nitrogen and oxygen atoms in total. The highest BCUT2D eigenvalue weighted by Gasteiger charge is 2.15. The molecule has 0 saturated carbocycles. The van der Waals surface area contributed by atoms with Gasteiger partial charge in [-0.05, 0) is 19.3 Å². The summed E-state index contributed by atoms with van der Waals surface area (Å²) >= 11 is 0. The van der Waals surface area contributed by atoms with Crippen molar-refractivity contribution in [3.8, 4) is 5.88 Å². The van der Waals surface area contributed by atoms with Gasteiger partial charge in [-0.1, -0.05) is 0 Å². The number of ether oxygens (including phenoxy) is 3. The van der Waals surface area contributed by atoms with Crippen molar-refractivity contribution in [1.82, 2.24) is 9.97 Å². The van der Waals surface area contributed by atoms with Gasteiger partial charge in [0.1, 0.15) is 6.61 Å². The van der Waals surface area contributed by atoms with Gasteiger partial charge in [-0.15, -0.1) is 0 Å². The van der Waals surface area contributed by atoms with E-state index in [2.05, 4.69) is 14.7 Å². The van der Waals surface area contributed by atoms with E-state index in [0.717, 1.165) is 19.4 Å². The van der Waals surface area contributed by atoms with Crippen molar-refractivity contribution in [2.24, 2.45) is 0 Å². The van der Waals surface area contributed by atoms with Gasteiger partial charge in [-0.3, -0.25) is 0 Å². The summed E-state index contributed by atoms with van der Waals surface area (Å²) < 4.78 is 15.5. The molecular weight excluding hydrogens is 236 g/mol. The highest BCUT2D eigenvalue weighted by Crippen LogP contribution is 2.14. The van der Waals surface area contributed by atoms with E-state index < -0.39 is 5.97 Å². The van der Waals surface area contributed by atoms with Crippen LogP contribution in [0.2, 0.25) is 0 Å². The molecule has 0 aromatic carbocycles. The predicted octanol–water partition coefficient (Wildman–Crippen LogP) is 1.21. The number of methoxy groups -OCH3 is 1. The van der Waals surface area contributed by atoms with Crippen LogP contribution in [-0.2, 0) is 9.47 Å². The zero-order chi connectivity index (χ0) is 12.8. The second kappa shape index (κ2) is 6.30. The first-order valence-corrected chi connectivity index (χ1v) is 5.94. The zero-order valence-corrected chi connectivity index (χ0v) is 10.3. The molecule has 2 rings (SSSR count). The van der Waals surface area contributed by atoms with Gasteiger partial charge in [0, 0.05) is 6.61 Å². The molecule has 2 heterocycles. The Bertz CT molecular complexity index is 388. The summed E-state index contributed by atoms with van der Waals surface area (Å²) in [4.78, 5) is 19.0. The molecular formula is C12H16N2O4. The molecule has 1 aromatic heterocycles. The minimum absolute atomic E-state index is 0.126. The third-order valence-corrected chi connectivity index (χ3v) is 2.71. The Morgan fingerprint density at radius 2 is 2.33 bits per heavy atom. The van der Waals surface area contributed by atoms with E-state index in [1.165, 1.54) is 25.9 Å². The van der Waals surface area contributed by atoms with Crippen LogP contribution in [0.4, 0.5) is 0 Å². The van der Waals surface area contributed by atoms with Gasteiger partial charge in [-0.25, -0.2) is 14.8 Å². The van der Waals surface area contributed by atoms with Crippen LogP contribution in [0.1, 0.15) is 29.8 Å². The average Bonchev–Trinajstić information content (AvgIpc) is 2.46. The van der Waals surface area contributed by atoms with E-state index in [0.29, 0.717) is 12.5 Å². The van der Waals surface area contributed by atoms with Gasteiger partial charge in [0.25, 0.3) is 0 Å². The van der Waals surface area contributed by atoms with Gasteiger partial charge >= 0.3 is 5.97 Å². The molecule has 0 N–H and O–H groups in total. The second-order valence-corrected chi connectivity index (χ2v) is 4.03. The van der Waals surface area contributed by atoms with Crippen LogP contribution in [0, 0.1) is 0 Å². The van der Waals surface area contributed by atoms with Crippen molar-refractivity contribution >= 4 is 5.97 Å². The topological polar surface area (TPSA) is 70.5 Å². The molecule has 1 unspecified atom stereocenters. The van der Waals surface area contributed by atoms with E-state index in [-0.39, 0.29) is 11.8 Å². The Balaban J connectivity index is 1.84. The molecule has 1 aliphatic rings. The Morgan fingerprint density at radius 1 is 1.44 bits per heavy atom. The van der Waals surface area contributed by atoms with Crippen molar-refractivity contribution in [3.05, 3.63) is 18.1 Å². The van der Waals surface area contributed by atoms with E-state index in [9.17, 15) is 4.79 Å². The third-order valence-electron chi connectivity index (χ3n) is 2.71. The van der Waals surface area contributed by atoms with Crippen LogP contribution in [0.3, 0.4) is 0 Å². The maximum Gasteiger partial charge on any atom is 0.358 e. The maximum atomic E-state index is 11.1. The molecule has 1 atom stereocenters. The van der Waals surface area contributed by atoms with E-state index in [1.807, 2.05) is 0 Å². The fraction of sp³-hybridized carbons (Fsp3) is 0.583. The van der Waals surface area contributed by atoms with Crippen molar-refractivity contribution in [3.63, 3.8) is 0 Å². The lowest BCUT2D eigenvalue weighted by atomic mass is 10.1. The molecule has 1 fully saturated rings. The SMILES string of the molecule is COC(=O)c1cnc(OCC2CCCCO2)cn1. The summed E-state index contributed by atoms with van der Waals surface area (Å²) in [6, 6.07) is 0. The number of nitrogens with zero attached hydrogens (tertiary/aromatic N) is 2. The van der Waals surface area contributed by atoms with Crippen LogP contribution in [0.25, 0.3) is 0 Å². The second-order valence-electron chi connectivity index (χ2n) is 4.03. The molecule has 0 bridgehead atoms. The first-order chi connectivity index (χ1) is 8.79. The van der Waals surface area contributed by atoms with Crippen molar-refractivity contribution in [1.29, 1.82) is 0 Å². The first kappa shape index (κ1) is 12.8. The van der Waals surface area contributed by atoms with Crippen molar-refractivity contribution in [2.75, 3.05) is 20.3 Å². The predicted molar refractivity (Wildman–Crippen MR) is 62.5 cm³/mol. The van der Waals surface area contributed by atoms with Gasteiger partial charge in [0.15, 0.2) is 5.69 Å². The van der Waals surface area contributed by atoms with Gasteiger partial charge < -0.3 is 14.2 Å². The highest BCUT2D eigenvalue weighted by atomic mass is 16.5. The van der Waals surface area contributed by atoms with Crippen LogP contribution in [0.15, 0.2) is 12.4 Å². The zero-order valence-electron chi connectivity index (χ0n) is 10.3. The minimum Gasteiger partial charge on any atom is -0.474 e. The molecule has 0 aliphatic carbocycles. The lowest BCUT2D eigenvalue weighted by Crippen LogP contribution is -2.26. The summed E-state index contributed by atoms with van der Waals surface area (Å²) in [5.74, 6) is -0.124. The lowest BCUT2D eigenvalue weighted by Gasteiger charge is -2.22. The number of carbonyl (C=O) groups excluding carboxylic acids is 1. The number of rotatable bonds is 4. The molecule has 1 aromatic rings. The number of hydrogen-bond donors (Lipinski definition) is 0. The number of esters is 1. The quantitative estimate of drug-likeness (QED) is 0.750. The van der Waals surface area contributed by atoms with E-state index in [1.54, 1.807) is 0 Å². The summed E-state index contributed by atoms with van der Waals surface area (Å²) in [7, 11) is 1.30. The lowest BCUT2D eigenvalue weighted by molar-refractivity contribution is -0.0120.